The molecule has 2 atom stereocenters. The third-order valence-electron chi connectivity index (χ3n) is 3.51. The van der Waals surface area contributed by atoms with Crippen LogP contribution in [0.4, 0.5) is 0 Å². The molecule has 17 heavy (non-hydrogen) atoms. The van der Waals surface area contributed by atoms with Gasteiger partial charge in [-0.25, -0.2) is 0 Å². The first kappa shape index (κ1) is 14.8. The van der Waals surface area contributed by atoms with Gasteiger partial charge in [0.2, 0.25) is 0 Å². The predicted octanol–water partition coefficient (Wildman–Crippen LogP) is 5.37. The molecule has 96 valence electrons. The van der Waals surface area contributed by atoms with Crippen molar-refractivity contribution in [2.45, 2.75) is 46.5 Å². The summed E-state index contributed by atoms with van der Waals surface area (Å²) in [4.78, 5) is 0. The Kier molecular flexibility index (Phi) is 6.87. The van der Waals surface area contributed by atoms with E-state index in [-0.39, 0.29) is 0 Å². The Morgan fingerprint density at radius 3 is 2.53 bits per heavy atom. The molecule has 0 saturated carbocycles. The normalized spacial score (nSPS) is 14.6. The fourth-order valence-corrected chi connectivity index (χ4v) is 3.02. The maximum atomic E-state index is 3.68. The standard InChI is InChI=1S/C16H25Br/c1-4-7-13(2)10-15(12-17)11-16-9-6-5-8-14(16)3/h5-6,8-9,13,15H,4,7,10-12H2,1-3H3. The van der Waals surface area contributed by atoms with Gasteiger partial charge in [0.15, 0.2) is 0 Å². The maximum Gasteiger partial charge on any atom is 0.00629 e. The Hall–Kier alpha value is -0.300. The van der Waals surface area contributed by atoms with Crippen LogP contribution in [0, 0.1) is 18.8 Å². The third kappa shape index (κ3) is 5.25. The van der Waals surface area contributed by atoms with Gasteiger partial charge in [-0.1, -0.05) is 66.9 Å². The van der Waals surface area contributed by atoms with E-state index in [9.17, 15) is 0 Å². The number of rotatable bonds is 7. The van der Waals surface area contributed by atoms with Gasteiger partial charge in [-0.05, 0) is 42.7 Å². The molecule has 0 radical (unpaired) electrons. The third-order valence-corrected chi connectivity index (χ3v) is 4.42. The highest BCUT2D eigenvalue weighted by molar-refractivity contribution is 9.09. The molecule has 0 N–H and O–H groups in total. The molecule has 0 spiro atoms. The van der Waals surface area contributed by atoms with E-state index in [0.29, 0.717) is 0 Å². The van der Waals surface area contributed by atoms with Gasteiger partial charge < -0.3 is 0 Å². The molecule has 0 aliphatic carbocycles. The quantitative estimate of drug-likeness (QED) is 0.593. The topological polar surface area (TPSA) is 0 Å². The van der Waals surface area contributed by atoms with Gasteiger partial charge in [0.25, 0.3) is 0 Å². The Bertz CT molecular complexity index is 319. The van der Waals surface area contributed by atoms with E-state index < -0.39 is 0 Å². The molecule has 0 aliphatic rings. The van der Waals surface area contributed by atoms with Crippen molar-refractivity contribution in [3.63, 3.8) is 0 Å². The van der Waals surface area contributed by atoms with Crippen molar-refractivity contribution in [2.24, 2.45) is 11.8 Å². The lowest BCUT2D eigenvalue weighted by Gasteiger charge is -2.19. The molecule has 0 saturated heterocycles. The number of halogens is 1. The lowest BCUT2D eigenvalue weighted by Crippen LogP contribution is -2.11. The van der Waals surface area contributed by atoms with Gasteiger partial charge in [-0.15, -0.1) is 0 Å². The minimum atomic E-state index is 0.776. The summed E-state index contributed by atoms with van der Waals surface area (Å²) >= 11 is 3.68. The van der Waals surface area contributed by atoms with Crippen LogP contribution < -0.4 is 0 Å². The van der Waals surface area contributed by atoms with Crippen LogP contribution in [0.3, 0.4) is 0 Å². The van der Waals surface area contributed by atoms with Gasteiger partial charge in [0.1, 0.15) is 0 Å². The molecule has 0 bridgehead atoms. The molecule has 1 aromatic rings. The summed E-state index contributed by atoms with van der Waals surface area (Å²) in [7, 11) is 0. The Morgan fingerprint density at radius 1 is 1.24 bits per heavy atom. The summed E-state index contributed by atoms with van der Waals surface area (Å²) < 4.78 is 0. The average Bonchev–Trinajstić information content (AvgIpc) is 2.31. The van der Waals surface area contributed by atoms with Crippen molar-refractivity contribution in [1.29, 1.82) is 0 Å². The molecular weight excluding hydrogens is 272 g/mol. The van der Waals surface area contributed by atoms with Crippen LogP contribution in [0.2, 0.25) is 0 Å². The lowest BCUT2D eigenvalue weighted by atomic mass is 9.88. The van der Waals surface area contributed by atoms with Crippen LogP contribution >= 0.6 is 15.9 Å². The molecule has 1 rings (SSSR count). The maximum absolute atomic E-state index is 3.68. The summed E-state index contributed by atoms with van der Waals surface area (Å²) in [6, 6.07) is 8.77. The van der Waals surface area contributed by atoms with Crippen LogP contribution in [-0.2, 0) is 6.42 Å². The van der Waals surface area contributed by atoms with Crippen molar-refractivity contribution in [2.75, 3.05) is 5.33 Å². The highest BCUT2D eigenvalue weighted by Gasteiger charge is 2.13. The summed E-state index contributed by atoms with van der Waals surface area (Å²) in [5, 5.41) is 1.12. The lowest BCUT2D eigenvalue weighted by molar-refractivity contribution is 0.395. The van der Waals surface area contributed by atoms with Crippen molar-refractivity contribution in [3.8, 4) is 0 Å². The zero-order valence-corrected chi connectivity index (χ0v) is 13.0. The fourth-order valence-electron chi connectivity index (χ4n) is 2.53. The predicted molar refractivity (Wildman–Crippen MR) is 80.9 cm³/mol. The molecule has 2 unspecified atom stereocenters. The first-order chi connectivity index (χ1) is 8.17. The molecule has 0 nitrogen and oxygen atoms in total. The van der Waals surface area contributed by atoms with E-state index in [2.05, 4.69) is 61.0 Å². The van der Waals surface area contributed by atoms with Crippen molar-refractivity contribution in [1.82, 2.24) is 0 Å². The van der Waals surface area contributed by atoms with Crippen molar-refractivity contribution in [3.05, 3.63) is 35.4 Å². The van der Waals surface area contributed by atoms with Gasteiger partial charge in [0, 0.05) is 5.33 Å². The Morgan fingerprint density at radius 2 is 1.94 bits per heavy atom. The summed E-state index contributed by atoms with van der Waals surface area (Å²) in [5.41, 5.74) is 2.95. The summed E-state index contributed by atoms with van der Waals surface area (Å²) in [5.74, 6) is 1.63. The zero-order valence-electron chi connectivity index (χ0n) is 11.4. The highest BCUT2D eigenvalue weighted by atomic mass is 79.9. The van der Waals surface area contributed by atoms with Gasteiger partial charge in [-0.2, -0.15) is 0 Å². The van der Waals surface area contributed by atoms with Gasteiger partial charge >= 0.3 is 0 Å². The number of hydrogen-bond donors (Lipinski definition) is 0. The second-order valence-electron chi connectivity index (χ2n) is 5.28. The first-order valence-corrected chi connectivity index (χ1v) is 7.90. The molecule has 1 aromatic carbocycles. The minimum Gasteiger partial charge on any atom is -0.0925 e. The van der Waals surface area contributed by atoms with E-state index >= 15 is 0 Å². The van der Waals surface area contributed by atoms with E-state index in [1.165, 1.54) is 36.8 Å². The van der Waals surface area contributed by atoms with Gasteiger partial charge in [0.05, 0.1) is 0 Å². The number of aryl methyl sites for hydroxylation is 1. The van der Waals surface area contributed by atoms with E-state index in [1.807, 2.05) is 0 Å². The number of alkyl halides is 1. The second kappa shape index (κ2) is 7.92. The molecule has 0 fully saturated rings. The van der Waals surface area contributed by atoms with Crippen LogP contribution in [-0.4, -0.2) is 5.33 Å². The molecule has 0 aromatic heterocycles. The van der Waals surface area contributed by atoms with Gasteiger partial charge in [-0.3, -0.25) is 0 Å². The highest BCUT2D eigenvalue weighted by Crippen LogP contribution is 2.23. The summed E-state index contributed by atoms with van der Waals surface area (Å²) in [6.07, 6.45) is 5.22. The van der Waals surface area contributed by atoms with Crippen molar-refractivity contribution >= 4 is 15.9 Å². The first-order valence-electron chi connectivity index (χ1n) is 6.77. The van der Waals surface area contributed by atoms with Crippen LogP contribution in [0.15, 0.2) is 24.3 Å². The molecule has 0 aliphatic heterocycles. The monoisotopic (exact) mass is 296 g/mol. The fraction of sp³-hybridized carbons (Fsp3) is 0.625. The second-order valence-corrected chi connectivity index (χ2v) is 5.93. The molecule has 0 amide bonds. The van der Waals surface area contributed by atoms with Crippen LogP contribution in [0.1, 0.15) is 44.2 Å². The molecular formula is C16H25Br. The molecule has 1 heteroatoms. The number of hydrogen-bond acceptors (Lipinski definition) is 0. The molecule has 0 heterocycles. The zero-order chi connectivity index (χ0) is 12.7. The summed E-state index contributed by atoms with van der Waals surface area (Å²) in [6.45, 7) is 6.88. The van der Waals surface area contributed by atoms with Crippen LogP contribution in [0.25, 0.3) is 0 Å². The van der Waals surface area contributed by atoms with E-state index in [1.54, 1.807) is 0 Å². The Balaban J connectivity index is 2.55. The van der Waals surface area contributed by atoms with E-state index in [0.717, 1.165) is 17.2 Å². The minimum absolute atomic E-state index is 0.776. The van der Waals surface area contributed by atoms with E-state index in [4.69, 9.17) is 0 Å². The van der Waals surface area contributed by atoms with Crippen LogP contribution in [0.5, 0.6) is 0 Å². The SMILES string of the molecule is CCCC(C)CC(CBr)Cc1ccccc1C. The average molecular weight is 297 g/mol. The van der Waals surface area contributed by atoms with Crippen molar-refractivity contribution < 1.29 is 0 Å². The Labute approximate surface area is 115 Å². The largest absolute Gasteiger partial charge is 0.0925 e. The smallest absolute Gasteiger partial charge is 0.00629 e. The number of benzene rings is 1.